The van der Waals surface area contributed by atoms with Gasteiger partial charge in [-0.2, -0.15) is 9.97 Å². The second-order valence-electron chi connectivity index (χ2n) is 11.7. The first kappa shape index (κ1) is 32.4. The Morgan fingerprint density at radius 1 is 1.11 bits per heavy atom. The Balaban J connectivity index is 1.41. The molecule has 1 atom stereocenters. The number of benzene rings is 1. The number of anilines is 2. The number of fused-ring (bicyclic) bond motifs is 1. The summed E-state index contributed by atoms with van der Waals surface area (Å²) in [5.74, 6) is 2.50. The largest absolute Gasteiger partial charge is 0.508 e. The molecule has 1 unspecified atom stereocenters. The van der Waals surface area contributed by atoms with Gasteiger partial charge in [0.2, 0.25) is 5.91 Å². The molecule has 0 spiro atoms. The summed E-state index contributed by atoms with van der Waals surface area (Å²) in [6.07, 6.45) is 4.09. The van der Waals surface area contributed by atoms with Crippen LogP contribution < -0.4 is 14.5 Å². The fraction of sp³-hybridized carbons (Fsp3) is 0.606. The number of piperazine rings is 1. The van der Waals surface area contributed by atoms with Gasteiger partial charge in [-0.3, -0.25) is 9.69 Å². The van der Waals surface area contributed by atoms with Gasteiger partial charge < -0.3 is 29.3 Å². The molecule has 3 aliphatic heterocycles. The number of carbonyl (C=O) groups is 1. The lowest BCUT2D eigenvalue weighted by Gasteiger charge is -2.38. The minimum atomic E-state index is -0.0295. The van der Waals surface area contributed by atoms with Gasteiger partial charge in [-0.15, -0.1) is 11.8 Å². The molecule has 1 amide bonds. The molecular formula is C33H48N6O4S. The molecular weight excluding hydrogens is 576 g/mol. The van der Waals surface area contributed by atoms with Gasteiger partial charge in [0.25, 0.3) is 0 Å². The van der Waals surface area contributed by atoms with Crippen LogP contribution in [0.5, 0.6) is 11.8 Å². The molecule has 240 valence electrons. The van der Waals surface area contributed by atoms with Gasteiger partial charge in [-0.1, -0.05) is 27.4 Å². The lowest BCUT2D eigenvalue weighted by Crippen LogP contribution is -2.49. The molecule has 3 aliphatic rings. The first-order valence-electron chi connectivity index (χ1n) is 16.1. The third kappa shape index (κ3) is 7.61. The lowest BCUT2D eigenvalue weighted by molar-refractivity contribution is -0.126. The highest BCUT2D eigenvalue weighted by Gasteiger charge is 2.30. The van der Waals surface area contributed by atoms with Crippen molar-refractivity contribution in [3.05, 3.63) is 41.6 Å². The van der Waals surface area contributed by atoms with Crippen LogP contribution in [0.25, 0.3) is 0 Å². The number of hydrogen-bond acceptors (Lipinski definition) is 10. The number of aromatic nitrogens is 2. The summed E-state index contributed by atoms with van der Waals surface area (Å²) in [5.41, 5.74) is 4.51. The van der Waals surface area contributed by atoms with Crippen LogP contribution in [0.4, 0.5) is 11.5 Å². The van der Waals surface area contributed by atoms with Gasteiger partial charge in [0.05, 0.1) is 32.1 Å². The van der Waals surface area contributed by atoms with Crippen molar-refractivity contribution in [2.75, 3.05) is 87.7 Å². The van der Waals surface area contributed by atoms with Gasteiger partial charge in [-0.25, -0.2) is 0 Å². The predicted molar refractivity (Wildman–Crippen MR) is 176 cm³/mol. The van der Waals surface area contributed by atoms with E-state index in [4.69, 9.17) is 19.4 Å². The Hall–Kier alpha value is -3.02. The number of rotatable bonds is 12. The molecule has 1 N–H and O–H groups in total. The average Bonchev–Trinajstić information content (AvgIpc) is 3.05. The Labute approximate surface area is 266 Å². The van der Waals surface area contributed by atoms with Gasteiger partial charge >= 0.3 is 6.01 Å². The van der Waals surface area contributed by atoms with Crippen LogP contribution in [-0.2, 0) is 22.5 Å². The van der Waals surface area contributed by atoms with Gasteiger partial charge in [-0.05, 0) is 48.6 Å². The number of aromatic hydroxyl groups is 1. The Morgan fingerprint density at radius 3 is 2.59 bits per heavy atom. The normalized spacial score (nSPS) is 18.2. The molecule has 0 bridgehead atoms. The molecule has 2 aromatic rings. The van der Waals surface area contributed by atoms with Crippen molar-refractivity contribution in [1.29, 1.82) is 0 Å². The second kappa shape index (κ2) is 15.3. The summed E-state index contributed by atoms with van der Waals surface area (Å²) in [7, 11) is 0. The summed E-state index contributed by atoms with van der Waals surface area (Å²) in [5, 5.41) is 10.7. The average molecular weight is 625 g/mol. The van der Waals surface area contributed by atoms with Crippen molar-refractivity contribution < 1.29 is 19.4 Å². The van der Waals surface area contributed by atoms with Crippen LogP contribution in [0.2, 0.25) is 0 Å². The molecule has 11 heteroatoms. The highest BCUT2D eigenvalue weighted by Crippen LogP contribution is 2.42. The molecule has 2 saturated heterocycles. The summed E-state index contributed by atoms with van der Waals surface area (Å²) < 4.78 is 11.7. The van der Waals surface area contributed by atoms with Crippen LogP contribution in [-0.4, -0.2) is 109 Å². The van der Waals surface area contributed by atoms with Crippen LogP contribution in [0.3, 0.4) is 0 Å². The van der Waals surface area contributed by atoms with Crippen molar-refractivity contribution in [2.24, 2.45) is 0 Å². The highest BCUT2D eigenvalue weighted by molar-refractivity contribution is 7.99. The molecule has 0 radical (unpaired) electrons. The lowest BCUT2D eigenvalue weighted by atomic mass is 9.94. The summed E-state index contributed by atoms with van der Waals surface area (Å²) in [6.45, 7) is 19.4. The number of phenolic OH excluding ortho intramolecular Hbond substituents is 1. The number of morpholine rings is 1. The zero-order chi connectivity index (χ0) is 31.1. The molecule has 1 aromatic carbocycles. The van der Waals surface area contributed by atoms with E-state index in [0.29, 0.717) is 57.0 Å². The van der Waals surface area contributed by atoms with Crippen LogP contribution in [0.15, 0.2) is 29.7 Å². The Bertz CT molecular complexity index is 1300. The smallest absolute Gasteiger partial charge is 0.318 e. The minimum Gasteiger partial charge on any atom is -0.508 e. The minimum absolute atomic E-state index is 0.0295. The zero-order valence-corrected chi connectivity index (χ0v) is 27.4. The van der Waals surface area contributed by atoms with E-state index in [1.54, 1.807) is 11.8 Å². The topological polar surface area (TPSA) is 94.5 Å². The molecule has 4 heterocycles. The van der Waals surface area contributed by atoms with Crippen LogP contribution >= 0.6 is 11.8 Å². The van der Waals surface area contributed by atoms with Crippen molar-refractivity contribution in [1.82, 2.24) is 19.8 Å². The number of thioether (sulfide) groups is 1. The standard InChI is InChI=1S/C33H48N6O4S/c1-5-24(4)31-28(21-25(40)22-29(31)44-7-3)39-11-9-26-27(23-39)34-33(43-18-8-10-36-16-19-42-20-17-36)35-32(26)38-14-12-37(13-15-38)30(41)6-2/h6,21-22,24,40H,2,5,7-20,23H2,1,3-4H3. The highest BCUT2D eigenvalue weighted by atomic mass is 32.2. The maximum absolute atomic E-state index is 12.2. The van der Waals surface area contributed by atoms with Crippen LogP contribution in [0.1, 0.15) is 56.4 Å². The van der Waals surface area contributed by atoms with Crippen molar-refractivity contribution >= 4 is 29.2 Å². The van der Waals surface area contributed by atoms with Gasteiger partial charge in [0.1, 0.15) is 11.6 Å². The predicted octanol–water partition coefficient (Wildman–Crippen LogP) is 4.31. The third-order valence-corrected chi connectivity index (χ3v) is 9.83. The molecule has 2 fully saturated rings. The Morgan fingerprint density at radius 2 is 1.89 bits per heavy atom. The van der Waals surface area contributed by atoms with Crippen LogP contribution in [0, 0.1) is 0 Å². The number of ether oxygens (including phenoxy) is 2. The molecule has 1 aromatic heterocycles. The summed E-state index contributed by atoms with van der Waals surface area (Å²) >= 11 is 1.79. The van der Waals surface area contributed by atoms with E-state index in [0.717, 1.165) is 92.1 Å². The molecule has 10 nitrogen and oxygen atoms in total. The Kier molecular flexibility index (Phi) is 11.3. The van der Waals surface area contributed by atoms with E-state index in [1.165, 1.54) is 11.6 Å². The maximum atomic E-state index is 12.2. The first-order chi connectivity index (χ1) is 21.4. The van der Waals surface area contributed by atoms with Gasteiger partial charge in [0.15, 0.2) is 0 Å². The third-order valence-electron chi connectivity index (χ3n) is 8.89. The van der Waals surface area contributed by atoms with E-state index in [9.17, 15) is 9.90 Å². The second-order valence-corrected chi connectivity index (χ2v) is 13.0. The van der Waals surface area contributed by atoms with Crippen molar-refractivity contribution in [3.8, 4) is 11.8 Å². The fourth-order valence-electron chi connectivity index (χ4n) is 6.30. The molecule has 0 saturated carbocycles. The summed E-state index contributed by atoms with van der Waals surface area (Å²) in [6, 6.07) is 4.25. The monoisotopic (exact) mass is 624 g/mol. The summed E-state index contributed by atoms with van der Waals surface area (Å²) in [4.78, 5) is 32.2. The molecule has 44 heavy (non-hydrogen) atoms. The first-order valence-corrected chi connectivity index (χ1v) is 17.1. The molecule has 5 rings (SSSR count). The maximum Gasteiger partial charge on any atom is 0.318 e. The SMILES string of the molecule is C=CC(=O)N1CCN(c2nc(OCCCN3CCOCC3)nc3c2CCN(c2cc(O)cc(SCC)c2C(C)CC)C3)CC1. The van der Waals surface area contributed by atoms with E-state index in [1.807, 2.05) is 17.0 Å². The van der Waals surface area contributed by atoms with E-state index < -0.39 is 0 Å². The number of phenols is 1. The van der Waals surface area contributed by atoms with Crippen molar-refractivity contribution in [3.63, 3.8) is 0 Å². The molecule has 0 aliphatic carbocycles. The van der Waals surface area contributed by atoms with Gasteiger partial charge in [0, 0.05) is 74.6 Å². The number of hydrogen-bond donors (Lipinski definition) is 1. The fourth-order valence-corrected chi connectivity index (χ4v) is 7.27. The van der Waals surface area contributed by atoms with E-state index in [-0.39, 0.29) is 5.91 Å². The number of carbonyl (C=O) groups excluding carboxylic acids is 1. The quantitative estimate of drug-likeness (QED) is 0.209. The number of amides is 1. The van der Waals surface area contributed by atoms with E-state index in [2.05, 4.69) is 42.0 Å². The number of nitrogens with zero attached hydrogens (tertiary/aromatic N) is 6. The van der Waals surface area contributed by atoms with Crippen molar-refractivity contribution in [2.45, 2.75) is 57.4 Å². The van der Waals surface area contributed by atoms with E-state index >= 15 is 0 Å². The zero-order valence-electron chi connectivity index (χ0n) is 26.6.